The van der Waals surface area contributed by atoms with Gasteiger partial charge in [0.25, 0.3) is 0 Å². The van der Waals surface area contributed by atoms with Crippen LogP contribution in [0.5, 0.6) is 0 Å². The molecule has 1 amide bonds. The van der Waals surface area contributed by atoms with Gasteiger partial charge in [0, 0.05) is 17.8 Å². The number of aryl methyl sites for hydroxylation is 1. The minimum Gasteiger partial charge on any atom is -0.481 e. The van der Waals surface area contributed by atoms with Crippen LogP contribution < -0.4 is 5.32 Å². The summed E-state index contributed by atoms with van der Waals surface area (Å²) >= 11 is 1.72. The van der Waals surface area contributed by atoms with Gasteiger partial charge in [0.05, 0.1) is 5.92 Å². The lowest BCUT2D eigenvalue weighted by Gasteiger charge is -2.22. The fourth-order valence-corrected chi connectivity index (χ4v) is 3.51. The largest absolute Gasteiger partial charge is 0.481 e. The van der Waals surface area contributed by atoms with Gasteiger partial charge in [0.15, 0.2) is 0 Å². The van der Waals surface area contributed by atoms with E-state index in [9.17, 15) is 9.59 Å². The molecule has 2 N–H and O–H groups in total. The number of hydrogen-bond donors (Lipinski definition) is 2. The second-order valence-corrected chi connectivity index (χ2v) is 6.19. The van der Waals surface area contributed by atoms with Crippen LogP contribution in [-0.4, -0.2) is 23.5 Å². The van der Waals surface area contributed by atoms with Crippen molar-refractivity contribution in [3.8, 4) is 0 Å². The molecule has 104 valence electrons. The molecule has 4 nitrogen and oxygen atoms in total. The number of nitrogens with one attached hydrogen (secondary N) is 1. The van der Waals surface area contributed by atoms with Crippen LogP contribution in [0.2, 0.25) is 0 Å². The maximum atomic E-state index is 12.2. The summed E-state index contributed by atoms with van der Waals surface area (Å²) in [7, 11) is 0. The molecule has 5 heteroatoms. The highest BCUT2D eigenvalue weighted by molar-refractivity contribution is 7.10. The Balaban J connectivity index is 1.90. The lowest BCUT2D eigenvalue weighted by Crippen LogP contribution is -2.34. The lowest BCUT2D eigenvalue weighted by molar-refractivity contribution is -0.138. The molecule has 0 spiro atoms. The third-order valence-corrected chi connectivity index (χ3v) is 4.51. The first-order valence-corrected chi connectivity index (χ1v) is 7.51. The molecule has 19 heavy (non-hydrogen) atoms. The Hall–Kier alpha value is -1.36. The molecule has 2 unspecified atom stereocenters. The molecule has 0 fully saturated rings. The van der Waals surface area contributed by atoms with Crippen LogP contribution in [-0.2, 0) is 16.0 Å². The molecular weight excluding hydrogens is 262 g/mol. The van der Waals surface area contributed by atoms with E-state index >= 15 is 0 Å². The fraction of sp³-hybridized carbons (Fsp3) is 0.571. The van der Waals surface area contributed by atoms with Crippen molar-refractivity contribution in [3.63, 3.8) is 0 Å². The monoisotopic (exact) mass is 281 g/mol. The molecule has 2 rings (SSSR count). The summed E-state index contributed by atoms with van der Waals surface area (Å²) in [5, 5.41) is 13.6. The van der Waals surface area contributed by atoms with Gasteiger partial charge in [-0.05, 0) is 42.2 Å². The quantitative estimate of drug-likeness (QED) is 0.871. The molecule has 1 heterocycles. The maximum Gasteiger partial charge on any atom is 0.303 e. The normalized spacial score (nSPS) is 19.5. The van der Waals surface area contributed by atoms with Crippen molar-refractivity contribution in [2.75, 3.05) is 6.54 Å². The van der Waals surface area contributed by atoms with E-state index in [1.54, 1.807) is 11.3 Å². The minimum absolute atomic E-state index is 0.0352. The van der Waals surface area contributed by atoms with E-state index < -0.39 is 5.97 Å². The third-order valence-electron chi connectivity index (χ3n) is 3.52. The first-order chi connectivity index (χ1) is 9.08. The SMILES string of the molecule is CC(CNC(=O)C1CCCc2sccc21)CC(=O)O. The number of carbonyl (C=O) groups is 2. The number of carbonyl (C=O) groups excluding carboxylic acids is 1. The number of amides is 1. The van der Waals surface area contributed by atoms with Gasteiger partial charge in [0.2, 0.25) is 5.91 Å². The smallest absolute Gasteiger partial charge is 0.303 e. The first-order valence-electron chi connectivity index (χ1n) is 6.63. The van der Waals surface area contributed by atoms with Crippen molar-refractivity contribution in [1.82, 2.24) is 5.32 Å². The first kappa shape index (κ1) is 14.1. The van der Waals surface area contributed by atoms with E-state index in [0.717, 1.165) is 19.3 Å². The molecule has 2 atom stereocenters. The van der Waals surface area contributed by atoms with Gasteiger partial charge >= 0.3 is 5.97 Å². The van der Waals surface area contributed by atoms with Gasteiger partial charge in [0.1, 0.15) is 0 Å². The highest BCUT2D eigenvalue weighted by Crippen LogP contribution is 2.34. The molecule has 1 aromatic rings. The molecule has 1 aromatic heterocycles. The summed E-state index contributed by atoms with van der Waals surface area (Å²) in [4.78, 5) is 24.1. The Kier molecular flexibility index (Phi) is 4.58. The molecule has 1 aliphatic carbocycles. The number of fused-ring (bicyclic) bond motifs is 1. The van der Waals surface area contributed by atoms with Gasteiger partial charge < -0.3 is 10.4 Å². The van der Waals surface area contributed by atoms with Crippen molar-refractivity contribution in [3.05, 3.63) is 21.9 Å². The van der Waals surface area contributed by atoms with E-state index in [-0.39, 0.29) is 24.2 Å². The van der Waals surface area contributed by atoms with E-state index in [0.29, 0.717) is 6.54 Å². The van der Waals surface area contributed by atoms with Crippen molar-refractivity contribution in [2.24, 2.45) is 5.92 Å². The fourth-order valence-electron chi connectivity index (χ4n) is 2.53. The van der Waals surface area contributed by atoms with Gasteiger partial charge in [-0.1, -0.05) is 6.92 Å². The van der Waals surface area contributed by atoms with Crippen LogP contribution in [0.1, 0.15) is 42.5 Å². The van der Waals surface area contributed by atoms with Gasteiger partial charge in [-0.3, -0.25) is 9.59 Å². The van der Waals surface area contributed by atoms with Gasteiger partial charge in [-0.2, -0.15) is 0 Å². The molecule has 0 radical (unpaired) electrons. The van der Waals surface area contributed by atoms with Crippen molar-refractivity contribution in [1.29, 1.82) is 0 Å². The number of rotatable bonds is 5. The molecular formula is C14H19NO3S. The summed E-state index contributed by atoms with van der Waals surface area (Å²) in [5.41, 5.74) is 1.17. The molecule has 0 aromatic carbocycles. The Bertz CT molecular complexity index is 469. The van der Waals surface area contributed by atoms with Gasteiger partial charge in [-0.25, -0.2) is 0 Å². The molecule has 0 bridgehead atoms. The third kappa shape index (κ3) is 3.56. The molecule has 0 saturated heterocycles. The van der Waals surface area contributed by atoms with E-state index in [4.69, 9.17) is 5.11 Å². The van der Waals surface area contributed by atoms with Crippen LogP contribution in [0.3, 0.4) is 0 Å². The maximum absolute atomic E-state index is 12.2. The molecule has 0 aliphatic heterocycles. The number of thiophene rings is 1. The average Bonchev–Trinajstić information content (AvgIpc) is 2.83. The Morgan fingerprint density at radius 3 is 3.11 bits per heavy atom. The standard InChI is InChI=1S/C14H19NO3S/c1-9(7-13(16)17)8-15-14(18)11-3-2-4-12-10(11)5-6-19-12/h5-6,9,11H,2-4,7-8H2,1H3,(H,15,18)(H,16,17). The van der Waals surface area contributed by atoms with E-state index in [2.05, 4.69) is 5.32 Å². The van der Waals surface area contributed by atoms with Crippen molar-refractivity contribution >= 4 is 23.2 Å². The predicted molar refractivity (Wildman–Crippen MR) is 74.4 cm³/mol. The van der Waals surface area contributed by atoms with Crippen LogP contribution in [0, 0.1) is 5.92 Å². The highest BCUT2D eigenvalue weighted by Gasteiger charge is 2.27. The Labute approximate surface area is 116 Å². The van der Waals surface area contributed by atoms with Gasteiger partial charge in [-0.15, -0.1) is 11.3 Å². The summed E-state index contributed by atoms with van der Waals surface area (Å²) in [6.07, 6.45) is 3.11. The number of aliphatic carboxylic acids is 1. The minimum atomic E-state index is -0.820. The zero-order valence-corrected chi connectivity index (χ0v) is 11.8. The molecule has 0 saturated carbocycles. The number of carboxylic acid groups (broad SMARTS) is 1. The Morgan fingerprint density at radius 2 is 2.37 bits per heavy atom. The van der Waals surface area contributed by atoms with E-state index in [1.165, 1.54) is 10.4 Å². The second kappa shape index (κ2) is 6.19. The zero-order chi connectivity index (χ0) is 13.8. The zero-order valence-electron chi connectivity index (χ0n) is 11.0. The topological polar surface area (TPSA) is 66.4 Å². The second-order valence-electron chi connectivity index (χ2n) is 5.19. The molecule has 1 aliphatic rings. The Morgan fingerprint density at radius 1 is 1.58 bits per heavy atom. The summed E-state index contributed by atoms with van der Waals surface area (Å²) in [5.74, 6) is -0.866. The van der Waals surface area contributed by atoms with Crippen LogP contribution in [0.4, 0.5) is 0 Å². The summed E-state index contributed by atoms with van der Waals surface area (Å²) < 4.78 is 0. The van der Waals surface area contributed by atoms with Crippen LogP contribution >= 0.6 is 11.3 Å². The van der Waals surface area contributed by atoms with Crippen molar-refractivity contribution in [2.45, 2.75) is 38.5 Å². The lowest BCUT2D eigenvalue weighted by atomic mass is 9.87. The van der Waals surface area contributed by atoms with E-state index in [1.807, 2.05) is 18.4 Å². The number of carboxylic acids is 1. The van der Waals surface area contributed by atoms with Crippen LogP contribution in [0.15, 0.2) is 11.4 Å². The highest BCUT2D eigenvalue weighted by atomic mass is 32.1. The average molecular weight is 281 g/mol. The van der Waals surface area contributed by atoms with Crippen LogP contribution in [0.25, 0.3) is 0 Å². The summed E-state index contributed by atoms with van der Waals surface area (Å²) in [6.45, 7) is 2.27. The predicted octanol–water partition coefficient (Wildman–Crippen LogP) is 2.40. The van der Waals surface area contributed by atoms with Crippen molar-refractivity contribution < 1.29 is 14.7 Å². The number of hydrogen-bond acceptors (Lipinski definition) is 3. The summed E-state index contributed by atoms with van der Waals surface area (Å²) in [6, 6.07) is 2.05.